The molecule has 4 aliphatic rings. The summed E-state index contributed by atoms with van der Waals surface area (Å²) >= 11 is 0. The first-order valence-corrected chi connectivity index (χ1v) is 11.5. The van der Waals surface area contributed by atoms with Gasteiger partial charge in [-0.05, 0) is 80.5 Å². The van der Waals surface area contributed by atoms with E-state index in [1.54, 1.807) is 30.3 Å². The molecule has 0 aromatic heterocycles. The molecule has 0 unspecified atom stereocenters. The van der Waals surface area contributed by atoms with Crippen LogP contribution in [0.3, 0.4) is 0 Å². The largest absolute Gasteiger partial charge is 0.338 e. The maximum absolute atomic E-state index is 12.5. The van der Waals surface area contributed by atoms with Gasteiger partial charge in [0, 0.05) is 36.4 Å². The molecular formula is C24H33N5O3. The van der Waals surface area contributed by atoms with Crippen LogP contribution in [0.5, 0.6) is 0 Å². The summed E-state index contributed by atoms with van der Waals surface area (Å²) in [7, 11) is 0. The number of urea groups is 2. The minimum atomic E-state index is -0.320. The Morgan fingerprint density at radius 2 is 1.44 bits per heavy atom. The van der Waals surface area contributed by atoms with Gasteiger partial charge in [0.25, 0.3) is 0 Å². The zero-order chi connectivity index (χ0) is 22.6. The van der Waals surface area contributed by atoms with E-state index in [1.165, 1.54) is 19.3 Å². The third kappa shape index (κ3) is 5.60. The van der Waals surface area contributed by atoms with Crippen LogP contribution in [0.1, 0.15) is 44.9 Å². The van der Waals surface area contributed by atoms with Crippen molar-refractivity contribution in [2.45, 2.75) is 50.5 Å². The maximum atomic E-state index is 12.5. The molecular weight excluding hydrogens is 406 g/mol. The van der Waals surface area contributed by atoms with Gasteiger partial charge in [0.2, 0.25) is 5.91 Å². The van der Waals surface area contributed by atoms with Gasteiger partial charge in [-0.2, -0.15) is 0 Å². The van der Waals surface area contributed by atoms with E-state index >= 15 is 0 Å². The highest BCUT2D eigenvalue weighted by molar-refractivity contribution is 5.92. The lowest BCUT2D eigenvalue weighted by Crippen LogP contribution is -2.61. The summed E-state index contributed by atoms with van der Waals surface area (Å²) in [6, 6.07) is 6.37. The van der Waals surface area contributed by atoms with E-state index in [1.807, 2.05) is 0 Å². The van der Waals surface area contributed by atoms with Gasteiger partial charge in [-0.15, -0.1) is 6.58 Å². The van der Waals surface area contributed by atoms with Gasteiger partial charge in [-0.25, -0.2) is 9.59 Å². The minimum absolute atomic E-state index is 0.0283. The molecule has 0 heterocycles. The molecule has 172 valence electrons. The van der Waals surface area contributed by atoms with E-state index in [9.17, 15) is 14.4 Å². The molecule has 5 amide bonds. The Morgan fingerprint density at radius 3 is 2.00 bits per heavy atom. The topological polar surface area (TPSA) is 111 Å². The van der Waals surface area contributed by atoms with Crippen LogP contribution < -0.4 is 26.6 Å². The second kappa shape index (κ2) is 9.63. The average molecular weight is 440 g/mol. The van der Waals surface area contributed by atoms with Crippen molar-refractivity contribution >= 4 is 29.3 Å². The van der Waals surface area contributed by atoms with E-state index in [2.05, 4.69) is 33.2 Å². The highest BCUT2D eigenvalue weighted by Crippen LogP contribution is 2.55. The van der Waals surface area contributed by atoms with Crippen molar-refractivity contribution < 1.29 is 14.4 Å². The molecule has 4 fully saturated rings. The van der Waals surface area contributed by atoms with Crippen molar-refractivity contribution in [3.8, 4) is 0 Å². The third-order valence-electron chi connectivity index (χ3n) is 6.89. The quantitative estimate of drug-likeness (QED) is 0.399. The second-order valence-corrected chi connectivity index (χ2v) is 9.58. The zero-order valence-electron chi connectivity index (χ0n) is 18.4. The first-order chi connectivity index (χ1) is 15.4. The predicted molar refractivity (Wildman–Crippen MR) is 124 cm³/mol. The molecule has 0 spiro atoms. The summed E-state index contributed by atoms with van der Waals surface area (Å²) < 4.78 is 0. The minimum Gasteiger partial charge on any atom is -0.338 e. The predicted octanol–water partition coefficient (Wildman–Crippen LogP) is 3.59. The number of amides is 5. The summed E-state index contributed by atoms with van der Waals surface area (Å²) in [6.45, 7) is 4.21. The van der Waals surface area contributed by atoms with E-state index in [-0.39, 0.29) is 36.5 Å². The van der Waals surface area contributed by atoms with Crippen LogP contribution in [-0.2, 0) is 4.79 Å². The van der Waals surface area contributed by atoms with Crippen LogP contribution >= 0.6 is 0 Å². The van der Waals surface area contributed by atoms with Crippen molar-refractivity contribution in [1.29, 1.82) is 0 Å². The summed E-state index contributed by atoms with van der Waals surface area (Å²) in [5.74, 6) is 2.14. The molecule has 4 saturated carbocycles. The number of anilines is 2. The Bertz CT molecular complexity index is 832. The van der Waals surface area contributed by atoms with Crippen LogP contribution in [0.4, 0.5) is 21.0 Å². The SMILES string of the molecule is C=CCNC(=O)Nc1ccc(NC(=O)CCNC(=O)NC23CC4CC(CC(C4)C2)C3)cc1. The van der Waals surface area contributed by atoms with Crippen molar-refractivity contribution in [1.82, 2.24) is 16.0 Å². The van der Waals surface area contributed by atoms with Gasteiger partial charge in [0.15, 0.2) is 0 Å². The van der Waals surface area contributed by atoms with Crippen LogP contribution in [0, 0.1) is 17.8 Å². The van der Waals surface area contributed by atoms with E-state index < -0.39 is 0 Å². The van der Waals surface area contributed by atoms with Crippen molar-refractivity contribution in [3.63, 3.8) is 0 Å². The Balaban J connectivity index is 1.16. The number of rotatable bonds is 8. The first-order valence-electron chi connectivity index (χ1n) is 11.5. The Kier molecular flexibility index (Phi) is 6.67. The zero-order valence-corrected chi connectivity index (χ0v) is 18.4. The van der Waals surface area contributed by atoms with Gasteiger partial charge in [-0.3, -0.25) is 4.79 Å². The molecule has 4 bridgehead atoms. The normalized spacial score (nSPS) is 27.3. The number of hydrogen-bond acceptors (Lipinski definition) is 3. The smallest absolute Gasteiger partial charge is 0.319 e. The third-order valence-corrected chi connectivity index (χ3v) is 6.89. The number of carbonyl (C=O) groups excluding carboxylic acids is 3. The van der Waals surface area contributed by atoms with Crippen molar-refractivity contribution in [2.75, 3.05) is 23.7 Å². The van der Waals surface area contributed by atoms with Gasteiger partial charge in [0.05, 0.1) is 0 Å². The molecule has 0 radical (unpaired) electrons. The number of hydrogen-bond donors (Lipinski definition) is 5. The summed E-state index contributed by atoms with van der Waals surface area (Å²) in [5.41, 5.74) is 1.22. The molecule has 5 N–H and O–H groups in total. The summed E-state index contributed by atoms with van der Waals surface area (Å²) in [6.07, 6.45) is 9.11. The maximum Gasteiger partial charge on any atom is 0.319 e. The average Bonchev–Trinajstić information content (AvgIpc) is 2.72. The Morgan fingerprint density at radius 1 is 0.875 bits per heavy atom. The lowest BCUT2D eigenvalue weighted by Gasteiger charge is -2.56. The second-order valence-electron chi connectivity index (χ2n) is 9.58. The molecule has 4 aliphatic carbocycles. The molecule has 5 rings (SSSR count). The van der Waals surface area contributed by atoms with Gasteiger partial charge in [0.1, 0.15) is 0 Å². The standard InChI is InChI=1S/C24H33N5O3/c1-2-8-25-22(31)28-20-5-3-19(4-6-20)27-21(30)7-9-26-23(32)29-24-13-16-10-17(14-24)12-18(11-16)15-24/h2-6,16-18H,1,7-15H2,(H,27,30)(H2,25,28,31)(H2,26,29,32). The number of benzene rings is 1. The Labute approximate surface area is 189 Å². The molecule has 1 aromatic carbocycles. The van der Waals surface area contributed by atoms with E-state index in [0.717, 1.165) is 37.0 Å². The van der Waals surface area contributed by atoms with Crippen LogP contribution in [0.15, 0.2) is 36.9 Å². The van der Waals surface area contributed by atoms with Crippen molar-refractivity contribution in [3.05, 3.63) is 36.9 Å². The van der Waals surface area contributed by atoms with E-state index in [0.29, 0.717) is 17.9 Å². The molecule has 1 aromatic rings. The fraction of sp³-hybridized carbons (Fsp3) is 0.542. The summed E-state index contributed by atoms with van der Waals surface area (Å²) in [5, 5.41) is 14.2. The fourth-order valence-electron chi connectivity index (χ4n) is 6.04. The highest BCUT2D eigenvalue weighted by Gasteiger charge is 2.51. The first kappa shape index (κ1) is 22.2. The molecule has 8 nitrogen and oxygen atoms in total. The van der Waals surface area contributed by atoms with Crippen LogP contribution in [0.2, 0.25) is 0 Å². The lowest BCUT2D eigenvalue weighted by atomic mass is 9.53. The van der Waals surface area contributed by atoms with Crippen LogP contribution in [-0.4, -0.2) is 36.6 Å². The fourth-order valence-corrected chi connectivity index (χ4v) is 6.04. The molecule has 0 aliphatic heterocycles. The van der Waals surface area contributed by atoms with Gasteiger partial charge >= 0.3 is 12.1 Å². The van der Waals surface area contributed by atoms with Gasteiger partial charge < -0.3 is 26.6 Å². The molecule has 8 heteroatoms. The van der Waals surface area contributed by atoms with Crippen molar-refractivity contribution in [2.24, 2.45) is 17.8 Å². The van der Waals surface area contributed by atoms with Crippen LogP contribution in [0.25, 0.3) is 0 Å². The molecule has 0 atom stereocenters. The highest BCUT2D eigenvalue weighted by atomic mass is 16.2. The summed E-state index contributed by atoms with van der Waals surface area (Å²) in [4.78, 5) is 36.3. The van der Waals surface area contributed by atoms with Gasteiger partial charge in [-0.1, -0.05) is 6.08 Å². The molecule has 32 heavy (non-hydrogen) atoms. The lowest BCUT2D eigenvalue weighted by molar-refractivity contribution is -0.116. The number of carbonyl (C=O) groups is 3. The molecule has 0 saturated heterocycles. The number of nitrogens with one attached hydrogen (secondary N) is 5. The monoisotopic (exact) mass is 439 g/mol. The Hall–Kier alpha value is -3.03. The van der Waals surface area contributed by atoms with E-state index in [4.69, 9.17) is 0 Å².